The van der Waals surface area contributed by atoms with E-state index in [1.165, 1.54) is 64.7 Å². The van der Waals surface area contributed by atoms with E-state index < -0.39 is 51.2 Å². The van der Waals surface area contributed by atoms with Crippen LogP contribution in [0.25, 0.3) is 33.8 Å². The van der Waals surface area contributed by atoms with Crippen molar-refractivity contribution in [3.8, 4) is 39.5 Å². The fraction of sp³-hybridized carbons (Fsp3) is 0.200. The maximum atomic E-state index is 15.0. The van der Waals surface area contributed by atoms with Crippen molar-refractivity contribution >= 4 is 9.84 Å². The minimum Gasteiger partial charge on any atom is -0.435 e. The Balaban J connectivity index is 1.76. The van der Waals surface area contributed by atoms with Gasteiger partial charge in [-0.2, -0.15) is 27.1 Å². The summed E-state index contributed by atoms with van der Waals surface area (Å²) < 4.78 is 113. The Bertz CT molecular complexity index is 2000. The van der Waals surface area contributed by atoms with Gasteiger partial charge in [-0.15, -0.1) is 0 Å². The van der Waals surface area contributed by atoms with Gasteiger partial charge >= 0.3 is 12.8 Å². The molecule has 236 valence electrons. The van der Waals surface area contributed by atoms with E-state index in [1.807, 2.05) is 0 Å². The highest BCUT2D eigenvalue weighted by Gasteiger charge is 2.35. The van der Waals surface area contributed by atoms with Crippen molar-refractivity contribution < 1.29 is 44.6 Å². The van der Waals surface area contributed by atoms with Crippen LogP contribution in [0.15, 0.2) is 71.8 Å². The molecule has 2 aromatic heterocycles. The molecular weight excluding hydrogens is 626 g/mol. The first-order chi connectivity index (χ1) is 21.1. The molecule has 0 unspecified atom stereocenters. The first kappa shape index (κ1) is 31.8. The van der Waals surface area contributed by atoms with Gasteiger partial charge in [0.2, 0.25) is 0 Å². The number of hydrogen-bond acceptors (Lipinski definition) is 6. The quantitative estimate of drug-likeness (QED) is 0.189. The number of aliphatic hydroxyl groups excluding tert-OH is 1. The van der Waals surface area contributed by atoms with Crippen molar-refractivity contribution in [2.24, 2.45) is 0 Å². The molecule has 0 bridgehead atoms. The van der Waals surface area contributed by atoms with E-state index >= 15 is 4.39 Å². The third-order valence-corrected chi connectivity index (χ3v) is 8.05. The molecule has 45 heavy (non-hydrogen) atoms. The summed E-state index contributed by atoms with van der Waals surface area (Å²) in [6.07, 6.45) is -3.03. The molecule has 15 heteroatoms. The molecule has 0 saturated heterocycles. The van der Waals surface area contributed by atoms with E-state index in [2.05, 4.69) is 14.8 Å². The lowest BCUT2D eigenvalue weighted by Gasteiger charge is -2.17. The van der Waals surface area contributed by atoms with E-state index in [1.54, 1.807) is 13.0 Å². The Labute approximate surface area is 253 Å². The number of rotatable bonds is 8. The minimum absolute atomic E-state index is 0.00492. The molecule has 8 nitrogen and oxygen atoms in total. The Kier molecular flexibility index (Phi) is 8.27. The molecule has 3 aromatic carbocycles. The second kappa shape index (κ2) is 11.7. The summed E-state index contributed by atoms with van der Waals surface area (Å²) in [4.78, 5) is 3.24. The third-order valence-electron chi connectivity index (χ3n) is 6.89. The first-order valence-electron chi connectivity index (χ1n) is 13.1. The molecule has 0 saturated carbocycles. The van der Waals surface area contributed by atoms with Gasteiger partial charge in [0.05, 0.1) is 34.3 Å². The van der Waals surface area contributed by atoms with Gasteiger partial charge in [0.1, 0.15) is 17.4 Å². The first-order valence-corrected chi connectivity index (χ1v) is 15.0. The summed E-state index contributed by atoms with van der Waals surface area (Å²) in [5, 5.41) is 14.1. The van der Waals surface area contributed by atoms with Crippen molar-refractivity contribution in [1.29, 1.82) is 0 Å². The average Bonchev–Trinajstić information content (AvgIpc) is 3.54. The molecule has 0 aliphatic carbocycles. The number of alkyl halides is 5. The Morgan fingerprint density at radius 1 is 0.978 bits per heavy atom. The highest BCUT2D eigenvalue weighted by molar-refractivity contribution is 7.90. The molecule has 0 aliphatic rings. The van der Waals surface area contributed by atoms with Crippen LogP contribution < -0.4 is 4.74 Å². The van der Waals surface area contributed by atoms with Crippen LogP contribution in [0.1, 0.15) is 22.8 Å². The average molecular weight is 651 g/mol. The van der Waals surface area contributed by atoms with Crippen molar-refractivity contribution in [1.82, 2.24) is 19.3 Å². The van der Waals surface area contributed by atoms with Gasteiger partial charge in [-0.1, -0.05) is 6.07 Å². The van der Waals surface area contributed by atoms with E-state index in [4.69, 9.17) is 0 Å². The molecule has 0 spiro atoms. The monoisotopic (exact) mass is 650 g/mol. The van der Waals surface area contributed by atoms with Crippen LogP contribution in [-0.4, -0.2) is 45.7 Å². The summed E-state index contributed by atoms with van der Waals surface area (Å²) in [6, 6.07) is 13.9. The van der Waals surface area contributed by atoms with E-state index in [-0.39, 0.29) is 22.8 Å². The number of benzene rings is 3. The minimum atomic E-state index is -4.73. The summed E-state index contributed by atoms with van der Waals surface area (Å²) in [5.74, 6) is -1.07. The molecule has 0 radical (unpaired) electrons. The zero-order valence-corrected chi connectivity index (χ0v) is 24.6. The molecule has 5 aromatic rings. The lowest BCUT2D eigenvalue weighted by molar-refractivity contribution is -0.141. The maximum absolute atomic E-state index is 15.0. The summed E-state index contributed by atoms with van der Waals surface area (Å²) >= 11 is 0. The Hall–Kier alpha value is -4.63. The Morgan fingerprint density at radius 2 is 1.67 bits per heavy atom. The third kappa shape index (κ3) is 6.44. The SMILES string of the molecule is Cc1cc(-c2cc(-c3cc(F)c(CO)c(S(C)(=O)=O)c3)ccc2-n2cc(C(F)(F)F)nc2C)n(-c2ccc(OC(F)F)cc2)n1. The summed E-state index contributed by atoms with van der Waals surface area (Å²) in [5.41, 5.74) is 0.640. The van der Waals surface area contributed by atoms with Gasteiger partial charge in [0.15, 0.2) is 15.5 Å². The number of ether oxygens (including phenoxy) is 1. The summed E-state index contributed by atoms with van der Waals surface area (Å²) in [7, 11) is -3.97. The van der Waals surface area contributed by atoms with Gasteiger partial charge in [0, 0.05) is 23.6 Å². The van der Waals surface area contributed by atoms with Gasteiger partial charge < -0.3 is 14.4 Å². The van der Waals surface area contributed by atoms with Gasteiger partial charge in [0.25, 0.3) is 0 Å². The van der Waals surface area contributed by atoms with Crippen molar-refractivity contribution in [2.45, 2.75) is 38.1 Å². The highest BCUT2D eigenvalue weighted by atomic mass is 32.2. The molecule has 0 fully saturated rings. The van der Waals surface area contributed by atoms with Crippen LogP contribution in [0.5, 0.6) is 5.75 Å². The molecule has 1 N–H and O–H groups in total. The van der Waals surface area contributed by atoms with Crippen LogP contribution in [0.4, 0.5) is 26.3 Å². The lowest BCUT2D eigenvalue weighted by atomic mass is 9.98. The fourth-order valence-electron chi connectivity index (χ4n) is 4.90. The van der Waals surface area contributed by atoms with Crippen molar-refractivity contribution in [3.05, 3.63) is 95.5 Å². The van der Waals surface area contributed by atoms with Crippen LogP contribution in [0.2, 0.25) is 0 Å². The van der Waals surface area contributed by atoms with Crippen molar-refractivity contribution in [2.75, 3.05) is 6.26 Å². The smallest absolute Gasteiger partial charge is 0.434 e. The number of aromatic nitrogens is 4. The number of aryl methyl sites for hydroxylation is 2. The van der Waals surface area contributed by atoms with Gasteiger partial charge in [-0.3, -0.25) is 0 Å². The number of halogens is 6. The number of imidazole rings is 1. The fourth-order valence-corrected chi connectivity index (χ4v) is 5.85. The van der Waals surface area contributed by atoms with Gasteiger partial charge in [-0.05, 0) is 79.6 Å². The normalized spacial score (nSPS) is 12.2. The predicted molar refractivity (Wildman–Crippen MR) is 152 cm³/mol. The number of aliphatic hydroxyl groups is 1. The molecule has 5 rings (SSSR count). The number of nitrogens with zero attached hydrogens (tertiary/aromatic N) is 4. The lowest BCUT2D eigenvalue weighted by Crippen LogP contribution is -2.06. The molecule has 0 aliphatic heterocycles. The second-order valence-corrected chi connectivity index (χ2v) is 12.1. The van der Waals surface area contributed by atoms with Crippen LogP contribution in [0, 0.1) is 19.7 Å². The molecule has 0 atom stereocenters. The van der Waals surface area contributed by atoms with Crippen molar-refractivity contribution in [3.63, 3.8) is 0 Å². The zero-order chi connectivity index (χ0) is 32.8. The van der Waals surface area contributed by atoms with E-state index in [0.29, 0.717) is 28.2 Å². The molecule has 2 heterocycles. The zero-order valence-electron chi connectivity index (χ0n) is 23.8. The van der Waals surface area contributed by atoms with Crippen LogP contribution >= 0.6 is 0 Å². The standard InChI is InChI=1S/C30H24F6N4O4S/c1-16-10-26(40(38-16)20-5-7-21(8-6-20)44-29(32)33)22-11-18(19-12-24(31)23(15-41)27(13-19)45(3,42)43)4-9-25(22)39-14-28(30(34,35)36)37-17(39)2/h4-14,29,41H,15H2,1-3H3. The largest absolute Gasteiger partial charge is 0.435 e. The Morgan fingerprint density at radius 3 is 2.24 bits per heavy atom. The topological polar surface area (TPSA) is 99.2 Å². The second-order valence-electron chi connectivity index (χ2n) is 10.1. The van der Waals surface area contributed by atoms with E-state index in [0.717, 1.165) is 18.5 Å². The molecular formula is C30H24F6N4O4S. The number of hydrogen-bond donors (Lipinski definition) is 1. The van der Waals surface area contributed by atoms with Gasteiger partial charge in [-0.25, -0.2) is 22.5 Å². The highest BCUT2D eigenvalue weighted by Crippen LogP contribution is 2.37. The molecule has 0 amide bonds. The predicted octanol–water partition coefficient (Wildman–Crippen LogP) is 6.66. The number of sulfone groups is 1. The van der Waals surface area contributed by atoms with Crippen LogP contribution in [-0.2, 0) is 22.6 Å². The van der Waals surface area contributed by atoms with Crippen LogP contribution in [0.3, 0.4) is 0 Å². The maximum Gasteiger partial charge on any atom is 0.434 e. The summed E-state index contributed by atoms with van der Waals surface area (Å²) in [6.45, 7) is -0.843. The van der Waals surface area contributed by atoms with E-state index in [9.17, 15) is 35.5 Å².